The second-order valence-corrected chi connectivity index (χ2v) is 6.84. The van der Waals surface area contributed by atoms with Crippen LogP contribution in [0.15, 0.2) is 12.1 Å². The third kappa shape index (κ3) is 1.72. The second-order valence-electron chi connectivity index (χ2n) is 6.84. The van der Waals surface area contributed by atoms with Crippen molar-refractivity contribution >= 4 is 0 Å². The van der Waals surface area contributed by atoms with Crippen LogP contribution >= 0.6 is 0 Å². The van der Waals surface area contributed by atoms with E-state index in [0.717, 1.165) is 44.6 Å². The highest BCUT2D eigenvalue weighted by Crippen LogP contribution is 2.52. The van der Waals surface area contributed by atoms with Gasteiger partial charge in [0.1, 0.15) is 5.75 Å². The van der Waals surface area contributed by atoms with E-state index in [4.69, 9.17) is 9.47 Å². The van der Waals surface area contributed by atoms with Crippen LogP contribution in [0.3, 0.4) is 0 Å². The molecule has 3 atom stereocenters. The van der Waals surface area contributed by atoms with Crippen molar-refractivity contribution in [3.05, 3.63) is 28.8 Å². The maximum atomic E-state index is 9.49. The first-order valence-electron chi connectivity index (χ1n) is 8.15. The minimum absolute atomic E-state index is 0.0726. The van der Waals surface area contributed by atoms with Gasteiger partial charge >= 0.3 is 0 Å². The third-order valence-corrected chi connectivity index (χ3v) is 5.92. The molecule has 0 saturated carbocycles. The SMILES string of the molecule is COc1cc(C)c2c(c1)[C@@]13CCCO[C@H]1[C@@H](C2)N(C#N)CC3. The number of benzene rings is 1. The Morgan fingerprint density at radius 3 is 3.05 bits per heavy atom. The molecule has 4 rings (SSSR count). The molecule has 0 unspecified atom stereocenters. The summed E-state index contributed by atoms with van der Waals surface area (Å²) in [5, 5.41) is 9.49. The highest BCUT2D eigenvalue weighted by molar-refractivity contribution is 5.50. The van der Waals surface area contributed by atoms with Gasteiger partial charge in [-0.1, -0.05) is 0 Å². The fourth-order valence-corrected chi connectivity index (χ4v) is 4.89. The van der Waals surface area contributed by atoms with E-state index in [1.165, 1.54) is 16.7 Å². The minimum Gasteiger partial charge on any atom is -0.497 e. The van der Waals surface area contributed by atoms with Crippen LogP contribution < -0.4 is 4.74 Å². The second kappa shape index (κ2) is 4.89. The third-order valence-electron chi connectivity index (χ3n) is 5.92. The topological polar surface area (TPSA) is 45.5 Å². The zero-order valence-corrected chi connectivity index (χ0v) is 13.3. The molecule has 0 radical (unpaired) electrons. The Bertz CT molecular complexity index is 651. The predicted octanol–water partition coefficient (Wildman–Crippen LogP) is 2.53. The Morgan fingerprint density at radius 1 is 1.41 bits per heavy atom. The summed E-state index contributed by atoms with van der Waals surface area (Å²) in [5.74, 6) is 0.941. The lowest BCUT2D eigenvalue weighted by molar-refractivity contribution is -0.115. The van der Waals surface area contributed by atoms with Crippen molar-refractivity contribution in [1.82, 2.24) is 4.90 Å². The number of nitrogens with zero attached hydrogens (tertiary/aromatic N) is 2. The van der Waals surface area contributed by atoms with Crippen molar-refractivity contribution < 1.29 is 9.47 Å². The summed E-state index contributed by atoms with van der Waals surface area (Å²) in [7, 11) is 1.73. The van der Waals surface area contributed by atoms with E-state index in [1.54, 1.807) is 7.11 Å². The molecule has 0 spiro atoms. The first-order valence-corrected chi connectivity index (χ1v) is 8.15. The molecule has 0 aromatic heterocycles. The zero-order chi connectivity index (χ0) is 15.3. The number of hydrogen-bond donors (Lipinski definition) is 0. The van der Waals surface area contributed by atoms with Crippen molar-refractivity contribution in [2.75, 3.05) is 20.3 Å². The van der Waals surface area contributed by atoms with Crippen molar-refractivity contribution in [1.29, 1.82) is 5.26 Å². The summed E-state index contributed by atoms with van der Waals surface area (Å²) in [6, 6.07) is 4.53. The van der Waals surface area contributed by atoms with Gasteiger partial charge in [0.05, 0.1) is 19.3 Å². The molecule has 0 amide bonds. The Morgan fingerprint density at radius 2 is 2.27 bits per heavy atom. The largest absolute Gasteiger partial charge is 0.497 e. The van der Waals surface area contributed by atoms with Gasteiger partial charge in [0.2, 0.25) is 0 Å². The van der Waals surface area contributed by atoms with Crippen molar-refractivity contribution in [2.24, 2.45) is 0 Å². The minimum atomic E-state index is 0.0726. The number of rotatable bonds is 1. The van der Waals surface area contributed by atoms with Crippen LogP contribution in [0.4, 0.5) is 0 Å². The summed E-state index contributed by atoms with van der Waals surface area (Å²) in [6.45, 7) is 3.83. The van der Waals surface area contributed by atoms with E-state index in [0.29, 0.717) is 0 Å². The molecular weight excluding hydrogens is 276 g/mol. The van der Waals surface area contributed by atoms with Gasteiger partial charge in [-0.05, 0) is 61.4 Å². The lowest BCUT2D eigenvalue weighted by Gasteiger charge is -2.57. The molecule has 4 heteroatoms. The summed E-state index contributed by atoms with van der Waals surface area (Å²) < 4.78 is 11.7. The smallest absolute Gasteiger partial charge is 0.179 e. The normalized spacial score (nSPS) is 32.7. The van der Waals surface area contributed by atoms with Gasteiger partial charge in [0.25, 0.3) is 0 Å². The molecule has 0 N–H and O–H groups in total. The van der Waals surface area contributed by atoms with Gasteiger partial charge in [0, 0.05) is 18.6 Å². The first-order chi connectivity index (χ1) is 10.7. The van der Waals surface area contributed by atoms with Gasteiger partial charge in [-0.2, -0.15) is 5.26 Å². The van der Waals surface area contributed by atoms with Crippen LogP contribution in [0.5, 0.6) is 5.75 Å². The lowest BCUT2D eigenvalue weighted by Crippen LogP contribution is -2.64. The van der Waals surface area contributed by atoms with Gasteiger partial charge in [-0.15, -0.1) is 0 Å². The molecule has 1 aromatic carbocycles. The van der Waals surface area contributed by atoms with Crippen LogP contribution in [-0.4, -0.2) is 37.3 Å². The van der Waals surface area contributed by atoms with E-state index < -0.39 is 0 Å². The maximum Gasteiger partial charge on any atom is 0.179 e. The molecule has 1 aliphatic carbocycles. The Balaban J connectivity index is 1.92. The van der Waals surface area contributed by atoms with Gasteiger partial charge < -0.3 is 14.4 Å². The van der Waals surface area contributed by atoms with Gasteiger partial charge in [0.15, 0.2) is 6.19 Å². The van der Waals surface area contributed by atoms with Crippen molar-refractivity contribution in [2.45, 2.75) is 50.2 Å². The molecule has 22 heavy (non-hydrogen) atoms. The van der Waals surface area contributed by atoms with Crippen molar-refractivity contribution in [3.63, 3.8) is 0 Å². The first kappa shape index (κ1) is 13.9. The standard InChI is InChI=1S/C18H22N2O2/c1-12-8-13(21-2)9-15-14(12)10-16-17-18(15,4-3-7-22-17)5-6-20(16)11-19/h8-9,16-17H,3-7,10H2,1-2H3/t16-,17+,18+/m1/s1. The number of likely N-dealkylation sites (tertiary alicyclic amines) is 1. The zero-order valence-electron chi connectivity index (χ0n) is 13.3. The molecule has 2 heterocycles. The number of fused-ring (bicyclic) bond motifs is 1. The van der Waals surface area contributed by atoms with E-state index in [2.05, 4.69) is 25.2 Å². The van der Waals surface area contributed by atoms with Crippen LogP contribution in [-0.2, 0) is 16.6 Å². The monoisotopic (exact) mass is 298 g/mol. The average Bonchev–Trinajstić information content (AvgIpc) is 2.55. The number of methoxy groups -OCH3 is 1. The van der Waals surface area contributed by atoms with E-state index in [1.807, 2.05) is 4.90 Å². The average molecular weight is 298 g/mol. The highest BCUT2D eigenvalue weighted by atomic mass is 16.5. The molecule has 2 saturated heterocycles. The molecule has 1 aromatic rings. The summed E-state index contributed by atoms with van der Waals surface area (Å²) in [5.41, 5.74) is 4.18. The molecule has 2 aliphatic heterocycles. The highest BCUT2D eigenvalue weighted by Gasteiger charge is 2.55. The fraction of sp³-hybridized carbons (Fsp3) is 0.611. The Labute approximate surface area is 131 Å². The Kier molecular flexibility index (Phi) is 3.09. The summed E-state index contributed by atoms with van der Waals surface area (Å²) in [4.78, 5) is 1.95. The number of hydrogen-bond acceptors (Lipinski definition) is 4. The summed E-state index contributed by atoms with van der Waals surface area (Å²) in [6.07, 6.45) is 6.71. The van der Waals surface area contributed by atoms with Crippen molar-refractivity contribution in [3.8, 4) is 11.9 Å². The van der Waals surface area contributed by atoms with Crippen LogP contribution in [0.25, 0.3) is 0 Å². The Hall–Kier alpha value is -1.73. The fourth-order valence-electron chi connectivity index (χ4n) is 4.89. The number of ether oxygens (including phenoxy) is 2. The van der Waals surface area contributed by atoms with Crippen LogP contribution in [0.1, 0.15) is 36.0 Å². The predicted molar refractivity (Wildman–Crippen MR) is 82.8 cm³/mol. The maximum absolute atomic E-state index is 9.49. The van der Waals surface area contributed by atoms with E-state index in [-0.39, 0.29) is 17.6 Å². The lowest BCUT2D eigenvalue weighted by atomic mass is 9.58. The number of aryl methyl sites for hydroxylation is 1. The van der Waals surface area contributed by atoms with Crippen LogP contribution in [0, 0.1) is 18.4 Å². The van der Waals surface area contributed by atoms with Gasteiger partial charge in [-0.25, -0.2) is 0 Å². The molecule has 2 bridgehead atoms. The van der Waals surface area contributed by atoms with E-state index >= 15 is 0 Å². The molecule has 4 nitrogen and oxygen atoms in total. The quantitative estimate of drug-likeness (QED) is 0.747. The molecule has 2 fully saturated rings. The molecule has 116 valence electrons. The number of nitriles is 1. The number of piperidine rings is 1. The molecule has 3 aliphatic rings. The van der Waals surface area contributed by atoms with E-state index in [9.17, 15) is 5.26 Å². The summed E-state index contributed by atoms with van der Waals surface area (Å²) >= 11 is 0. The molecular formula is C18H22N2O2. The van der Waals surface area contributed by atoms with Crippen LogP contribution in [0.2, 0.25) is 0 Å². The van der Waals surface area contributed by atoms with Gasteiger partial charge in [-0.3, -0.25) is 0 Å².